The quantitative estimate of drug-likeness (QED) is 0.899. The minimum atomic E-state index is -0.941. The Kier molecular flexibility index (Phi) is 3.53. The van der Waals surface area contributed by atoms with Gasteiger partial charge in [-0.25, -0.2) is 4.98 Å². The Balaban J connectivity index is 2.17. The molecule has 0 aliphatic heterocycles. The van der Waals surface area contributed by atoms with Gasteiger partial charge in [0.1, 0.15) is 0 Å². The van der Waals surface area contributed by atoms with Gasteiger partial charge < -0.3 is 10.4 Å². The van der Waals surface area contributed by atoms with Gasteiger partial charge in [0.15, 0.2) is 0 Å². The predicted molar refractivity (Wildman–Crippen MR) is 73.4 cm³/mol. The van der Waals surface area contributed by atoms with Crippen LogP contribution in [0.15, 0.2) is 23.7 Å². The summed E-state index contributed by atoms with van der Waals surface area (Å²) in [4.78, 5) is 26.9. The van der Waals surface area contributed by atoms with Crippen molar-refractivity contribution >= 4 is 33.4 Å². The highest BCUT2D eigenvalue weighted by Crippen LogP contribution is 2.19. The average molecular weight is 278 g/mol. The van der Waals surface area contributed by atoms with Crippen LogP contribution in [-0.2, 0) is 4.79 Å². The molecule has 100 valence electrons. The van der Waals surface area contributed by atoms with Crippen LogP contribution in [-0.4, -0.2) is 27.5 Å². The number of nitrogens with zero attached hydrogens (tertiary/aromatic N) is 1. The van der Waals surface area contributed by atoms with E-state index >= 15 is 0 Å². The van der Waals surface area contributed by atoms with Gasteiger partial charge in [-0.15, -0.1) is 11.3 Å². The van der Waals surface area contributed by atoms with E-state index < -0.39 is 11.5 Å². The second-order valence-corrected chi connectivity index (χ2v) is 5.83. The molecular weight excluding hydrogens is 264 g/mol. The molecule has 0 radical (unpaired) electrons. The molecule has 1 heterocycles. The van der Waals surface area contributed by atoms with Crippen molar-refractivity contribution in [2.24, 2.45) is 0 Å². The topological polar surface area (TPSA) is 79.3 Å². The molecule has 6 heteroatoms. The van der Waals surface area contributed by atoms with E-state index in [-0.39, 0.29) is 12.3 Å². The SMILES string of the molecule is CC(C)(CC(=O)O)NC(=O)c1ccc2ncsc2c1. The number of nitrogens with one attached hydrogen (secondary N) is 1. The van der Waals surface area contributed by atoms with Crippen molar-refractivity contribution in [1.29, 1.82) is 0 Å². The van der Waals surface area contributed by atoms with Gasteiger partial charge in [-0.05, 0) is 32.0 Å². The summed E-state index contributed by atoms with van der Waals surface area (Å²) in [6, 6.07) is 5.23. The second kappa shape index (κ2) is 4.97. The van der Waals surface area contributed by atoms with E-state index in [1.807, 2.05) is 0 Å². The lowest BCUT2D eigenvalue weighted by Gasteiger charge is -2.24. The van der Waals surface area contributed by atoms with E-state index in [2.05, 4.69) is 10.3 Å². The Hall–Kier alpha value is -1.95. The number of thiazole rings is 1. The Morgan fingerprint density at radius 3 is 2.84 bits per heavy atom. The molecule has 0 unspecified atom stereocenters. The van der Waals surface area contributed by atoms with Crippen LogP contribution in [0, 0.1) is 0 Å². The number of hydrogen-bond acceptors (Lipinski definition) is 4. The number of aliphatic carboxylic acids is 1. The maximum Gasteiger partial charge on any atom is 0.305 e. The number of amides is 1. The number of carboxylic acids is 1. The van der Waals surface area contributed by atoms with Crippen molar-refractivity contribution < 1.29 is 14.7 Å². The van der Waals surface area contributed by atoms with Gasteiger partial charge >= 0.3 is 5.97 Å². The Morgan fingerprint density at radius 2 is 2.16 bits per heavy atom. The Morgan fingerprint density at radius 1 is 1.42 bits per heavy atom. The molecule has 0 atom stereocenters. The van der Waals surface area contributed by atoms with Gasteiger partial charge in [0, 0.05) is 11.1 Å². The molecule has 2 aromatic rings. The minimum absolute atomic E-state index is 0.123. The maximum atomic E-state index is 12.1. The molecule has 5 nitrogen and oxygen atoms in total. The molecule has 0 bridgehead atoms. The van der Waals surface area contributed by atoms with E-state index in [1.54, 1.807) is 37.6 Å². The zero-order chi connectivity index (χ0) is 14.0. The van der Waals surface area contributed by atoms with Crippen LogP contribution in [0.5, 0.6) is 0 Å². The molecule has 1 aromatic heterocycles. The first-order valence-electron chi connectivity index (χ1n) is 5.75. The third-order valence-corrected chi connectivity index (χ3v) is 3.43. The first-order valence-corrected chi connectivity index (χ1v) is 6.63. The lowest BCUT2D eigenvalue weighted by Crippen LogP contribution is -2.44. The number of aromatic nitrogens is 1. The van der Waals surface area contributed by atoms with Crippen molar-refractivity contribution in [3.63, 3.8) is 0 Å². The summed E-state index contributed by atoms with van der Waals surface area (Å²) in [6.07, 6.45) is -0.123. The lowest BCUT2D eigenvalue weighted by atomic mass is 10.00. The molecule has 0 saturated carbocycles. The van der Waals surface area contributed by atoms with Crippen LogP contribution < -0.4 is 5.32 Å². The Bertz CT molecular complexity index is 634. The largest absolute Gasteiger partial charge is 0.481 e. The molecule has 0 aliphatic rings. The Labute approximate surface area is 114 Å². The first-order chi connectivity index (χ1) is 8.87. The second-order valence-electron chi connectivity index (χ2n) is 4.94. The fraction of sp³-hybridized carbons (Fsp3) is 0.308. The number of carboxylic acid groups (broad SMARTS) is 1. The number of carbonyl (C=O) groups excluding carboxylic acids is 1. The number of fused-ring (bicyclic) bond motifs is 1. The normalized spacial score (nSPS) is 11.5. The zero-order valence-electron chi connectivity index (χ0n) is 10.6. The molecule has 0 aliphatic carbocycles. The highest BCUT2D eigenvalue weighted by atomic mass is 32.1. The van der Waals surface area contributed by atoms with Gasteiger partial charge in [0.25, 0.3) is 5.91 Å². The van der Waals surface area contributed by atoms with Crippen molar-refractivity contribution in [2.45, 2.75) is 25.8 Å². The van der Waals surface area contributed by atoms with Crippen LogP contribution in [0.25, 0.3) is 10.2 Å². The molecular formula is C13H14N2O3S. The summed E-state index contributed by atoms with van der Waals surface area (Å²) >= 11 is 1.46. The minimum Gasteiger partial charge on any atom is -0.481 e. The van der Waals surface area contributed by atoms with Crippen LogP contribution >= 0.6 is 11.3 Å². The molecule has 19 heavy (non-hydrogen) atoms. The molecule has 0 saturated heterocycles. The van der Waals surface area contributed by atoms with Gasteiger partial charge in [-0.1, -0.05) is 0 Å². The third kappa shape index (κ3) is 3.29. The lowest BCUT2D eigenvalue weighted by molar-refractivity contribution is -0.138. The van der Waals surface area contributed by atoms with Gasteiger partial charge in [0.2, 0.25) is 0 Å². The fourth-order valence-electron chi connectivity index (χ4n) is 1.80. The van der Waals surface area contributed by atoms with Crippen molar-refractivity contribution in [1.82, 2.24) is 10.3 Å². The molecule has 2 N–H and O–H groups in total. The van der Waals surface area contributed by atoms with E-state index in [4.69, 9.17) is 5.11 Å². The highest BCUT2D eigenvalue weighted by molar-refractivity contribution is 7.16. The smallest absolute Gasteiger partial charge is 0.305 e. The van der Waals surface area contributed by atoms with Crippen LogP contribution in [0.3, 0.4) is 0 Å². The summed E-state index contributed by atoms with van der Waals surface area (Å²) in [7, 11) is 0. The molecule has 2 rings (SSSR count). The maximum absolute atomic E-state index is 12.1. The molecule has 1 aromatic carbocycles. The van der Waals surface area contributed by atoms with E-state index in [9.17, 15) is 9.59 Å². The number of carbonyl (C=O) groups is 2. The summed E-state index contributed by atoms with van der Waals surface area (Å²) in [5.41, 5.74) is 2.30. The number of hydrogen-bond donors (Lipinski definition) is 2. The monoisotopic (exact) mass is 278 g/mol. The van der Waals surface area contributed by atoms with E-state index in [1.165, 1.54) is 11.3 Å². The summed E-state index contributed by atoms with van der Waals surface area (Å²) in [6.45, 7) is 3.37. The van der Waals surface area contributed by atoms with E-state index in [0.717, 1.165) is 10.2 Å². The van der Waals surface area contributed by atoms with Gasteiger partial charge in [-0.3, -0.25) is 9.59 Å². The first kappa shape index (κ1) is 13.5. The average Bonchev–Trinajstić information content (AvgIpc) is 2.72. The van der Waals surface area contributed by atoms with Crippen molar-refractivity contribution in [3.05, 3.63) is 29.3 Å². The van der Waals surface area contributed by atoms with E-state index in [0.29, 0.717) is 5.56 Å². The van der Waals surface area contributed by atoms with Crippen molar-refractivity contribution in [3.8, 4) is 0 Å². The van der Waals surface area contributed by atoms with Crippen LogP contribution in [0.2, 0.25) is 0 Å². The zero-order valence-corrected chi connectivity index (χ0v) is 11.5. The standard InChI is InChI=1S/C13H14N2O3S/c1-13(2,6-11(16)17)15-12(18)8-3-4-9-10(5-8)19-7-14-9/h3-5,7H,6H2,1-2H3,(H,15,18)(H,16,17). The third-order valence-electron chi connectivity index (χ3n) is 2.64. The fourth-order valence-corrected chi connectivity index (χ4v) is 2.51. The van der Waals surface area contributed by atoms with Crippen LogP contribution in [0.4, 0.5) is 0 Å². The summed E-state index contributed by atoms with van der Waals surface area (Å²) in [5, 5.41) is 11.5. The molecule has 0 spiro atoms. The summed E-state index contributed by atoms with van der Waals surface area (Å²) in [5.74, 6) is -1.22. The van der Waals surface area contributed by atoms with Gasteiger partial charge in [-0.2, -0.15) is 0 Å². The molecule has 1 amide bonds. The summed E-state index contributed by atoms with van der Waals surface area (Å²) < 4.78 is 0.934. The van der Waals surface area contributed by atoms with Gasteiger partial charge in [0.05, 0.1) is 22.1 Å². The van der Waals surface area contributed by atoms with Crippen LogP contribution in [0.1, 0.15) is 30.6 Å². The van der Waals surface area contributed by atoms with Crippen molar-refractivity contribution in [2.75, 3.05) is 0 Å². The number of rotatable bonds is 4. The number of benzene rings is 1. The predicted octanol–water partition coefficient (Wildman–Crippen LogP) is 2.28. The molecule has 0 fully saturated rings. The highest BCUT2D eigenvalue weighted by Gasteiger charge is 2.24.